The monoisotopic (exact) mass is 224 g/mol. The lowest BCUT2D eigenvalue weighted by Crippen LogP contribution is -2.30. The van der Waals surface area contributed by atoms with Gasteiger partial charge in [-0.25, -0.2) is 0 Å². The number of hydrogen-bond donors (Lipinski definition) is 0. The zero-order valence-electron chi connectivity index (χ0n) is 10.2. The molecule has 1 aromatic heterocycles. The van der Waals surface area contributed by atoms with Gasteiger partial charge in [0.2, 0.25) is 0 Å². The Kier molecular flexibility index (Phi) is 3.83. The second kappa shape index (κ2) is 5.34. The molecule has 0 unspecified atom stereocenters. The first-order valence-corrected chi connectivity index (χ1v) is 6.17. The Morgan fingerprint density at radius 3 is 3.06 bits per heavy atom. The number of aromatic nitrogens is 1. The van der Waals surface area contributed by atoms with Gasteiger partial charge in [-0.15, -0.1) is 0 Å². The summed E-state index contributed by atoms with van der Waals surface area (Å²) in [7, 11) is 0. The van der Waals surface area contributed by atoms with Crippen molar-refractivity contribution in [2.45, 2.75) is 39.7 Å². The van der Waals surface area contributed by atoms with Crippen LogP contribution in [0.15, 0.2) is 4.52 Å². The molecule has 4 nitrogen and oxygen atoms in total. The minimum Gasteiger partial charge on any atom is -0.476 e. The van der Waals surface area contributed by atoms with Gasteiger partial charge < -0.3 is 9.26 Å². The van der Waals surface area contributed by atoms with E-state index in [1.807, 2.05) is 6.92 Å². The molecular weight excluding hydrogens is 204 g/mol. The fourth-order valence-electron chi connectivity index (χ4n) is 2.06. The third kappa shape index (κ3) is 2.38. The zero-order valence-corrected chi connectivity index (χ0v) is 10.2. The van der Waals surface area contributed by atoms with Crippen molar-refractivity contribution in [2.24, 2.45) is 0 Å². The molecule has 90 valence electrons. The predicted molar refractivity (Wildman–Crippen MR) is 61.6 cm³/mol. The molecular formula is C12H20N2O2. The number of ether oxygens (including phenoxy) is 1. The zero-order chi connectivity index (χ0) is 11.4. The molecule has 0 amide bonds. The molecule has 1 aliphatic rings. The lowest BCUT2D eigenvalue weighted by Gasteiger charge is -2.25. The maximum absolute atomic E-state index is 5.47. The summed E-state index contributed by atoms with van der Waals surface area (Å²) in [5, 5.41) is 3.98. The van der Waals surface area contributed by atoms with Gasteiger partial charge in [-0.1, -0.05) is 13.3 Å². The molecule has 2 heterocycles. The van der Waals surface area contributed by atoms with Gasteiger partial charge in [-0.05, 0) is 25.0 Å². The third-order valence-electron chi connectivity index (χ3n) is 2.98. The normalized spacial score (nSPS) is 16.1. The fourth-order valence-corrected chi connectivity index (χ4v) is 2.06. The van der Waals surface area contributed by atoms with Crippen molar-refractivity contribution in [2.75, 3.05) is 19.7 Å². The average Bonchev–Trinajstić information content (AvgIpc) is 2.70. The molecule has 0 saturated carbocycles. The summed E-state index contributed by atoms with van der Waals surface area (Å²) in [6, 6.07) is 0. The summed E-state index contributed by atoms with van der Waals surface area (Å²) < 4.78 is 10.8. The van der Waals surface area contributed by atoms with Gasteiger partial charge in [-0.2, -0.15) is 0 Å². The molecule has 0 aliphatic carbocycles. The highest BCUT2D eigenvalue weighted by molar-refractivity contribution is 5.30. The first kappa shape index (κ1) is 11.5. The Labute approximate surface area is 96.5 Å². The maximum atomic E-state index is 5.47. The molecule has 0 radical (unpaired) electrons. The Morgan fingerprint density at radius 1 is 1.44 bits per heavy atom. The Bertz CT molecular complexity index is 336. The van der Waals surface area contributed by atoms with Crippen LogP contribution in [0.2, 0.25) is 0 Å². The Morgan fingerprint density at radius 2 is 2.31 bits per heavy atom. The van der Waals surface area contributed by atoms with E-state index in [1.54, 1.807) is 0 Å². The fraction of sp³-hybridized carbons (Fsp3) is 0.750. The molecule has 0 aromatic carbocycles. The molecule has 0 fully saturated rings. The topological polar surface area (TPSA) is 38.5 Å². The molecule has 0 N–H and O–H groups in total. The molecule has 1 aromatic rings. The molecule has 4 heteroatoms. The highest BCUT2D eigenvalue weighted by Gasteiger charge is 2.24. The first-order valence-electron chi connectivity index (χ1n) is 6.17. The van der Waals surface area contributed by atoms with E-state index in [-0.39, 0.29) is 0 Å². The number of hydrogen-bond acceptors (Lipinski definition) is 4. The number of rotatable bonds is 5. The Balaban J connectivity index is 2.02. The van der Waals surface area contributed by atoms with E-state index in [1.165, 1.54) is 12.8 Å². The standard InChI is InChI=1S/C12H20N2O2/c1-3-5-7-14-8-6-11-10(9-14)12(13-16-11)15-4-2/h3-9H2,1-2H3. The van der Waals surface area contributed by atoms with E-state index in [0.717, 1.165) is 37.4 Å². The molecule has 1 aliphatic heterocycles. The van der Waals surface area contributed by atoms with Crippen LogP contribution in [-0.4, -0.2) is 29.8 Å². The van der Waals surface area contributed by atoms with Crippen LogP contribution in [0.1, 0.15) is 38.0 Å². The summed E-state index contributed by atoms with van der Waals surface area (Å²) >= 11 is 0. The summed E-state index contributed by atoms with van der Waals surface area (Å²) in [6.07, 6.45) is 3.45. The number of fused-ring (bicyclic) bond motifs is 1. The van der Waals surface area contributed by atoms with E-state index in [9.17, 15) is 0 Å². The van der Waals surface area contributed by atoms with Crippen molar-refractivity contribution in [1.82, 2.24) is 10.1 Å². The van der Waals surface area contributed by atoms with Crippen LogP contribution < -0.4 is 4.74 Å². The molecule has 0 spiro atoms. The van der Waals surface area contributed by atoms with Crippen LogP contribution in [0, 0.1) is 0 Å². The molecule has 0 saturated heterocycles. The van der Waals surface area contributed by atoms with Gasteiger partial charge in [0.25, 0.3) is 5.88 Å². The second-order valence-electron chi connectivity index (χ2n) is 4.20. The predicted octanol–water partition coefficient (Wildman–Crippen LogP) is 2.23. The van der Waals surface area contributed by atoms with E-state index in [2.05, 4.69) is 17.0 Å². The maximum Gasteiger partial charge on any atom is 0.258 e. The van der Waals surface area contributed by atoms with Crippen molar-refractivity contribution < 1.29 is 9.26 Å². The van der Waals surface area contributed by atoms with E-state index in [0.29, 0.717) is 12.5 Å². The smallest absolute Gasteiger partial charge is 0.258 e. The highest BCUT2D eigenvalue weighted by atomic mass is 16.5. The van der Waals surface area contributed by atoms with Crippen LogP contribution in [0.3, 0.4) is 0 Å². The molecule has 0 atom stereocenters. The van der Waals surface area contributed by atoms with E-state index >= 15 is 0 Å². The number of unbranched alkanes of at least 4 members (excludes halogenated alkanes) is 1. The van der Waals surface area contributed by atoms with Crippen LogP contribution in [0.25, 0.3) is 0 Å². The molecule has 0 bridgehead atoms. The number of nitrogens with zero attached hydrogens (tertiary/aromatic N) is 2. The summed E-state index contributed by atoms with van der Waals surface area (Å²) in [6.45, 7) is 8.00. The quantitative estimate of drug-likeness (QED) is 0.768. The summed E-state index contributed by atoms with van der Waals surface area (Å²) in [5.41, 5.74) is 1.16. The van der Waals surface area contributed by atoms with Gasteiger partial charge in [0, 0.05) is 19.5 Å². The van der Waals surface area contributed by atoms with Crippen LogP contribution in [0.4, 0.5) is 0 Å². The Hall–Kier alpha value is -1.03. The summed E-state index contributed by atoms with van der Waals surface area (Å²) in [5.74, 6) is 1.70. The van der Waals surface area contributed by atoms with Crippen molar-refractivity contribution in [1.29, 1.82) is 0 Å². The third-order valence-corrected chi connectivity index (χ3v) is 2.98. The van der Waals surface area contributed by atoms with Crippen LogP contribution in [-0.2, 0) is 13.0 Å². The lowest BCUT2D eigenvalue weighted by molar-refractivity contribution is 0.232. The molecule has 2 rings (SSSR count). The SMILES string of the molecule is CCCCN1CCc2onc(OCC)c2C1. The summed E-state index contributed by atoms with van der Waals surface area (Å²) in [4.78, 5) is 2.45. The van der Waals surface area contributed by atoms with Crippen molar-refractivity contribution in [3.63, 3.8) is 0 Å². The van der Waals surface area contributed by atoms with E-state index < -0.39 is 0 Å². The minimum absolute atomic E-state index is 0.647. The van der Waals surface area contributed by atoms with Gasteiger partial charge in [0.05, 0.1) is 12.2 Å². The largest absolute Gasteiger partial charge is 0.476 e. The van der Waals surface area contributed by atoms with Gasteiger partial charge >= 0.3 is 0 Å². The van der Waals surface area contributed by atoms with Crippen molar-refractivity contribution in [3.05, 3.63) is 11.3 Å². The van der Waals surface area contributed by atoms with Gasteiger partial charge in [0.15, 0.2) is 0 Å². The average molecular weight is 224 g/mol. The molecule has 16 heavy (non-hydrogen) atoms. The van der Waals surface area contributed by atoms with Gasteiger partial charge in [-0.3, -0.25) is 4.90 Å². The first-order chi connectivity index (χ1) is 7.85. The van der Waals surface area contributed by atoms with Crippen LogP contribution >= 0.6 is 0 Å². The highest BCUT2D eigenvalue weighted by Crippen LogP contribution is 2.27. The van der Waals surface area contributed by atoms with Crippen molar-refractivity contribution in [3.8, 4) is 5.88 Å². The van der Waals surface area contributed by atoms with Crippen LogP contribution in [0.5, 0.6) is 5.88 Å². The van der Waals surface area contributed by atoms with E-state index in [4.69, 9.17) is 9.26 Å². The van der Waals surface area contributed by atoms with Crippen molar-refractivity contribution >= 4 is 0 Å². The minimum atomic E-state index is 0.647. The lowest BCUT2D eigenvalue weighted by atomic mass is 10.1. The second-order valence-corrected chi connectivity index (χ2v) is 4.20. The van der Waals surface area contributed by atoms with Gasteiger partial charge in [0.1, 0.15) is 5.76 Å².